The molecule has 1 amide bonds. The first kappa shape index (κ1) is 17.4. The molecule has 1 rings (SSSR count). The molecule has 3 N–H and O–H groups in total. The molecule has 0 aliphatic heterocycles. The van der Waals surface area contributed by atoms with Gasteiger partial charge < -0.3 is 10.6 Å². The van der Waals surface area contributed by atoms with Crippen molar-refractivity contribution in [3.8, 4) is 0 Å². The van der Waals surface area contributed by atoms with E-state index < -0.39 is 21.7 Å². The van der Waals surface area contributed by atoms with E-state index in [1.807, 2.05) is 6.92 Å². The smallest absolute Gasteiger partial charge is 0.236 e. The highest BCUT2D eigenvalue weighted by Crippen LogP contribution is 2.23. The van der Waals surface area contributed by atoms with E-state index >= 15 is 0 Å². The molecular weight excluding hydrogens is 278 g/mol. The zero-order valence-electron chi connectivity index (χ0n) is 12.4. The van der Waals surface area contributed by atoms with Crippen LogP contribution in [0, 0.1) is 5.92 Å². The predicted octanol–water partition coefficient (Wildman–Crippen LogP) is 0.210. The van der Waals surface area contributed by atoms with Crippen molar-refractivity contribution in [1.82, 2.24) is 15.4 Å². The molecule has 1 aliphatic carbocycles. The Hall–Kier alpha value is -0.660. The predicted molar refractivity (Wildman–Crippen MR) is 79.9 cm³/mol. The summed E-state index contributed by atoms with van der Waals surface area (Å²) in [4.78, 5) is 11.6. The molecule has 1 aliphatic rings. The van der Waals surface area contributed by atoms with Crippen LogP contribution >= 0.6 is 0 Å². The van der Waals surface area contributed by atoms with Crippen LogP contribution in [0.2, 0.25) is 0 Å². The number of sulfonamides is 1. The summed E-state index contributed by atoms with van der Waals surface area (Å²) < 4.78 is 26.4. The average Bonchev–Trinajstić information content (AvgIpc) is 2.36. The van der Waals surface area contributed by atoms with Gasteiger partial charge in [-0.2, -0.15) is 0 Å². The summed E-state index contributed by atoms with van der Waals surface area (Å²) in [6.45, 7) is 6.08. The van der Waals surface area contributed by atoms with Gasteiger partial charge in [-0.1, -0.05) is 13.8 Å². The lowest BCUT2D eigenvalue weighted by Gasteiger charge is -2.26. The Kier molecular flexibility index (Phi) is 7.47. The van der Waals surface area contributed by atoms with E-state index in [2.05, 4.69) is 22.3 Å². The lowest BCUT2D eigenvalue weighted by molar-refractivity contribution is -0.118. The number of hydrogen-bond donors (Lipinski definition) is 3. The fourth-order valence-electron chi connectivity index (χ4n) is 2.36. The van der Waals surface area contributed by atoms with Crippen LogP contribution in [0.3, 0.4) is 0 Å². The minimum atomic E-state index is -3.52. The number of rotatable bonds is 8. The molecule has 0 radical (unpaired) electrons. The standard InChI is InChI=1S/C13H27N3O3S/c1-3-14-8-9-15-13(17)10-20(18,19)16-12-6-4-11(2)5-7-12/h11-12,14,16H,3-10H2,1-2H3,(H,15,17). The second-order valence-corrected chi connectivity index (χ2v) is 7.29. The second kappa shape index (κ2) is 8.59. The molecule has 1 fully saturated rings. The van der Waals surface area contributed by atoms with Crippen molar-refractivity contribution in [2.75, 3.05) is 25.4 Å². The molecule has 0 saturated heterocycles. The van der Waals surface area contributed by atoms with E-state index in [1.54, 1.807) is 0 Å². The molecule has 0 unspecified atom stereocenters. The Balaban J connectivity index is 2.28. The number of nitrogens with one attached hydrogen (secondary N) is 3. The number of hydrogen-bond acceptors (Lipinski definition) is 4. The number of carbonyl (C=O) groups excluding carboxylic acids is 1. The molecule has 0 aromatic heterocycles. The largest absolute Gasteiger partial charge is 0.354 e. The third-order valence-electron chi connectivity index (χ3n) is 3.56. The van der Waals surface area contributed by atoms with Crippen LogP contribution < -0.4 is 15.4 Å². The molecule has 1 saturated carbocycles. The molecule has 0 bridgehead atoms. The minimum absolute atomic E-state index is 0.00856. The van der Waals surface area contributed by atoms with E-state index in [1.165, 1.54) is 0 Å². The highest BCUT2D eigenvalue weighted by molar-refractivity contribution is 7.90. The van der Waals surface area contributed by atoms with Gasteiger partial charge in [0.25, 0.3) is 0 Å². The fraction of sp³-hybridized carbons (Fsp3) is 0.923. The topological polar surface area (TPSA) is 87.3 Å². The van der Waals surface area contributed by atoms with Gasteiger partial charge in [0.15, 0.2) is 0 Å². The van der Waals surface area contributed by atoms with E-state index in [4.69, 9.17) is 0 Å². The Morgan fingerprint density at radius 3 is 2.40 bits per heavy atom. The van der Waals surface area contributed by atoms with Crippen LogP contribution in [0.15, 0.2) is 0 Å². The molecular formula is C13H27N3O3S. The van der Waals surface area contributed by atoms with Gasteiger partial charge in [-0.05, 0) is 38.1 Å². The Morgan fingerprint density at radius 1 is 1.15 bits per heavy atom. The molecule has 0 spiro atoms. The summed E-state index contributed by atoms with van der Waals surface area (Å²) in [5.41, 5.74) is 0. The van der Waals surface area contributed by atoms with Crippen molar-refractivity contribution in [1.29, 1.82) is 0 Å². The molecule has 0 aromatic carbocycles. The van der Waals surface area contributed by atoms with E-state index in [0.717, 1.165) is 32.2 Å². The van der Waals surface area contributed by atoms with Crippen LogP contribution in [0.5, 0.6) is 0 Å². The van der Waals surface area contributed by atoms with Crippen molar-refractivity contribution in [2.45, 2.75) is 45.6 Å². The number of carbonyl (C=O) groups is 1. The lowest BCUT2D eigenvalue weighted by Crippen LogP contribution is -2.43. The van der Waals surface area contributed by atoms with Crippen molar-refractivity contribution in [3.63, 3.8) is 0 Å². The average molecular weight is 305 g/mol. The number of amides is 1. The summed E-state index contributed by atoms with van der Waals surface area (Å²) in [5, 5.41) is 5.65. The van der Waals surface area contributed by atoms with E-state index in [-0.39, 0.29) is 6.04 Å². The van der Waals surface area contributed by atoms with Gasteiger partial charge in [0.05, 0.1) is 0 Å². The Labute approximate surface area is 122 Å². The number of likely N-dealkylation sites (N-methyl/N-ethyl adjacent to an activating group) is 1. The van der Waals surface area contributed by atoms with Crippen molar-refractivity contribution < 1.29 is 13.2 Å². The first-order chi connectivity index (χ1) is 9.43. The first-order valence-electron chi connectivity index (χ1n) is 7.40. The molecule has 0 aromatic rings. The van der Waals surface area contributed by atoms with Crippen LogP contribution in [0.4, 0.5) is 0 Å². The van der Waals surface area contributed by atoms with E-state index in [0.29, 0.717) is 19.0 Å². The summed E-state index contributed by atoms with van der Waals surface area (Å²) in [7, 11) is -3.52. The van der Waals surface area contributed by atoms with Gasteiger partial charge in [-0.15, -0.1) is 0 Å². The van der Waals surface area contributed by atoms with Gasteiger partial charge in [0.1, 0.15) is 5.75 Å². The summed E-state index contributed by atoms with van der Waals surface area (Å²) in [5.74, 6) is -0.254. The van der Waals surface area contributed by atoms with Crippen molar-refractivity contribution >= 4 is 15.9 Å². The maximum absolute atomic E-state index is 11.9. The lowest BCUT2D eigenvalue weighted by atomic mass is 9.88. The summed E-state index contributed by atoms with van der Waals surface area (Å²) >= 11 is 0. The molecule has 0 heterocycles. The van der Waals surface area contributed by atoms with Crippen LogP contribution in [0.1, 0.15) is 39.5 Å². The van der Waals surface area contributed by atoms with Crippen LogP contribution in [-0.4, -0.2) is 45.8 Å². The third-order valence-corrected chi connectivity index (χ3v) is 4.89. The highest BCUT2D eigenvalue weighted by Gasteiger charge is 2.24. The SMILES string of the molecule is CCNCCNC(=O)CS(=O)(=O)NC1CCC(C)CC1. The van der Waals surface area contributed by atoms with Gasteiger partial charge in [0, 0.05) is 19.1 Å². The van der Waals surface area contributed by atoms with E-state index in [9.17, 15) is 13.2 Å². The van der Waals surface area contributed by atoms with Crippen LogP contribution in [0.25, 0.3) is 0 Å². The maximum atomic E-state index is 11.9. The fourth-order valence-corrected chi connectivity index (χ4v) is 3.64. The summed E-state index contributed by atoms with van der Waals surface area (Å²) in [6, 6.07) is -0.00856. The van der Waals surface area contributed by atoms with Crippen LogP contribution in [-0.2, 0) is 14.8 Å². The van der Waals surface area contributed by atoms with Crippen molar-refractivity contribution in [2.24, 2.45) is 5.92 Å². The maximum Gasteiger partial charge on any atom is 0.236 e. The zero-order chi connectivity index (χ0) is 15.0. The normalized spacial score (nSPS) is 23.5. The molecule has 6 nitrogen and oxygen atoms in total. The van der Waals surface area contributed by atoms with Gasteiger partial charge >= 0.3 is 0 Å². The van der Waals surface area contributed by atoms with Gasteiger partial charge in [-0.3, -0.25) is 4.79 Å². The monoisotopic (exact) mass is 305 g/mol. The van der Waals surface area contributed by atoms with Crippen molar-refractivity contribution in [3.05, 3.63) is 0 Å². The highest BCUT2D eigenvalue weighted by atomic mass is 32.2. The first-order valence-corrected chi connectivity index (χ1v) is 9.05. The Bertz CT molecular complexity index is 390. The second-order valence-electron chi connectivity index (χ2n) is 5.54. The van der Waals surface area contributed by atoms with Gasteiger partial charge in [0.2, 0.25) is 15.9 Å². The molecule has 118 valence electrons. The quantitative estimate of drug-likeness (QED) is 0.560. The third kappa shape index (κ3) is 7.21. The molecule has 20 heavy (non-hydrogen) atoms. The molecule has 0 atom stereocenters. The molecule has 7 heteroatoms. The Morgan fingerprint density at radius 2 is 1.80 bits per heavy atom. The minimum Gasteiger partial charge on any atom is -0.354 e. The van der Waals surface area contributed by atoms with Gasteiger partial charge in [-0.25, -0.2) is 13.1 Å². The summed E-state index contributed by atoms with van der Waals surface area (Å²) in [6.07, 6.45) is 3.81. The zero-order valence-corrected chi connectivity index (χ0v) is 13.3.